The summed E-state index contributed by atoms with van der Waals surface area (Å²) in [6.45, 7) is 3.61. The first kappa shape index (κ1) is 14.8. The highest BCUT2D eigenvalue weighted by atomic mass is 35.5. The summed E-state index contributed by atoms with van der Waals surface area (Å²) in [6, 6.07) is 5.08. The highest BCUT2D eigenvalue weighted by Gasteiger charge is 2.30. The van der Waals surface area contributed by atoms with Gasteiger partial charge in [0, 0.05) is 16.8 Å². The van der Waals surface area contributed by atoms with E-state index in [1.165, 1.54) is 16.8 Å². The third-order valence-electron chi connectivity index (χ3n) is 3.56. The predicted molar refractivity (Wildman–Crippen MR) is 77.9 cm³/mol. The third kappa shape index (κ3) is 2.33. The van der Waals surface area contributed by atoms with Crippen LogP contribution in [0.5, 0.6) is 0 Å². The molecule has 0 atom stereocenters. The number of hydrogen-bond donors (Lipinski definition) is 0. The Morgan fingerprint density at radius 1 is 1.18 bits per heavy atom. The fourth-order valence-electron chi connectivity index (χ4n) is 2.21. The number of halogens is 4. The molecule has 0 aliphatic heterocycles. The van der Waals surface area contributed by atoms with Crippen LogP contribution in [0.4, 0.5) is 13.2 Å². The number of aromatic nitrogens is 3. The molecule has 2 aromatic heterocycles. The van der Waals surface area contributed by atoms with E-state index in [0.29, 0.717) is 27.6 Å². The first-order valence-corrected chi connectivity index (χ1v) is 6.85. The van der Waals surface area contributed by atoms with E-state index in [0.717, 1.165) is 17.7 Å². The minimum atomic E-state index is -4.39. The molecule has 22 heavy (non-hydrogen) atoms. The molecule has 0 spiro atoms. The Morgan fingerprint density at radius 3 is 2.59 bits per heavy atom. The number of aryl methyl sites for hydroxylation is 1. The SMILES string of the molecule is Cc1nc2c(-c3cccc(C(F)(F)F)c3)cnn2c(Cl)c1C. The highest BCUT2D eigenvalue weighted by molar-refractivity contribution is 6.30. The van der Waals surface area contributed by atoms with Gasteiger partial charge in [-0.25, -0.2) is 9.50 Å². The molecule has 3 aromatic rings. The number of nitrogens with zero attached hydrogens (tertiary/aromatic N) is 3. The van der Waals surface area contributed by atoms with Crippen molar-refractivity contribution in [1.29, 1.82) is 0 Å². The van der Waals surface area contributed by atoms with E-state index in [-0.39, 0.29) is 0 Å². The molecule has 0 unspecified atom stereocenters. The first-order chi connectivity index (χ1) is 10.3. The summed E-state index contributed by atoms with van der Waals surface area (Å²) in [5, 5.41) is 4.53. The van der Waals surface area contributed by atoms with E-state index in [4.69, 9.17) is 11.6 Å². The van der Waals surface area contributed by atoms with Crippen LogP contribution in [0.25, 0.3) is 16.8 Å². The Kier molecular flexibility index (Phi) is 3.36. The van der Waals surface area contributed by atoms with E-state index in [1.54, 1.807) is 13.0 Å². The van der Waals surface area contributed by atoms with Gasteiger partial charge < -0.3 is 0 Å². The number of benzene rings is 1. The average Bonchev–Trinajstić information content (AvgIpc) is 2.88. The Labute approximate surface area is 129 Å². The summed E-state index contributed by atoms with van der Waals surface area (Å²) in [6.07, 6.45) is -2.92. The minimum absolute atomic E-state index is 0.400. The van der Waals surface area contributed by atoms with Crippen LogP contribution in [0.15, 0.2) is 30.5 Å². The number of rotatable bonds is 1. The van der Waals surface area contributed by atoms with Crippen LogP contribution in [0.1, 0.15) is 16.8 Å². The number of fused-ring (bicyclic) bond motifs is 1. The lowest BCUT2D eigenvalue weighted by Crippen LogP contribution is -2.04. The summed E-state index contributed by atoms with van der Waals surface area (Å²) in [4.78, 5) is 4.40. The standard InChI is InChI=1S/C15H11ClF3N3/c1-8-9(2)21-14-12(7-20-22(14)13(8)16)10-4-3-5-11(6-10)15(17,18)19/h3-7H,1-2H3. The highest BCUT2D eigenvalue weighted by Crippen LogP contribution is 2.33. The molecule has 0 aliphatic rings. The summed E-state index contributed by atoms with van der Waals surface area (Å²) in [7, 11) is 0. The fraction of sp³-hybridized carbons (Fsp3) is 0.200. The van der Waals surface area contributed by atoms with Crippen molar-refractivity contribution >= 4 is 17.2 Å². The lowest BCUT2D eigenvalue weighted by molar-refractivity contribution is -0.137. The third-order valence-corrected chi connectivity index (χ3v) is 4.00. The lowest BCUT2D eigenvalue weighted by Gasteiger charge is -2.09. The smallest absolute Gasteiger partial charge is 0.233 e. The molecular weight excluding hydrogens is 315 g/mol. The van der Waals surface area contributed by atoms with Gasteiger partial charge in [-0.3, -0.25) is 0 Å². The molecule has 0 N–H and O–H groups in total. The number of alkyl halides is 3. The van der Waals surface area contributed by atoms with Gasteiger partial charge in [0.05, 0.1) is 11.8 Å². The minimum Gasteiger partial charge on any atom is -0.233 e. The van der Waals surface area contributed by atoms with Crippen molar-refractivity contribution in [3.63, 3.8) is 0 Å². The van der Waals surface area contributed by atoms with Gasteiger partial charge in [0.15, 0.2) is 5.65 Å². The van der Waals surface area contributed by atoms with Crippen molar-refractivity contribution < 1.29 is 13.2 Å². The van der Waals surface area contributed by atoms with Gasteiger partial charge in [-0.1, -0.05) is 23.7 Å². The molecule has 0 saturated carbocycles. The Balaban J connectivity index is 2.24. The zero-order valence-corrected chi connectivity index (χ0v) is 12.5. The van der Waals surface area contributed by atoms with Gasteiger partial charge in [0.25, 0.3) is 0 Å². The van der Waals surface area contributed by atoms with Crippen LogP contribution in [0, 0.1) is 13.8 Å². The van der Waals surface area contributed by atoms with E-state index >= 15 is 0 Å². The molecule has 3 nitrogen and oxygen atoms in total. The molecule has 1 aromatic carbocycles. The summed E-state index contributed by atoms with van der Waals surface area (Å²) in [5.74, 6) is 0. The predicted octanol–water partition coefficient (Wildman–Crippen LogP) is 4.69. The van der Waals surface area contributed by atoms with E-state index < -0.39 is 11.7 Å². The molecule has 0 amide bonds. The van der Waals surface area contributed by atoms with Crippen molar-refractivity contribution in [2.45, 2.75) is 20.0 Å². The molecule has 114 valence electrons. The Bertz CT molecular complexity index is 868. The molecule has 0 saturated heterocycles. The van der Waals surface area contributed by atoms with Gasteiger partial charge in [-0.15, -0.1) is 0 Å². The van der Waals surface area contributed by atoms with E-state index in [9.17, 15) is 13.2 Å². The zero-order valence-electron chi connectivity index (χ0n) is 11.7. The van der Waals surface area contributed by atoms with Crippen molar-refractivity contribution in [1.82, 2.24) is 14.6 Å². The lowest BCUT2D eigenvalue weighted by atomic mass is 10.1. The zero-order chi connectivity index (χ0) is 16.1. The Morgan fingerprint density at radius 2 is 1.91 bits per heavy atom. The molecule has 2 heterocycles. The van der Waals surface area contributed by atoms with Crippen LogP contribution < -0.4 is 0 Å². The van der Waals surface area contributed by atoms with E-state index in [1.807, 2.05) is 6.92 Å². The summed E-state index contributed by atoms with van der Waals surface area (Å²) >= 11 is 6.22. The molecule has 0 bridgehead atoms. The van der Waals surface area contributed by atoms with Gasteiger partial charge in [0.1, 0.15) is 5.15 Å². The van der Waals surface area contributed by atoms with Gasteiger partial charge in [-0.2, -0.15) is 18.3 Å². The monoisotopic (exact) mass is 325 g/mol. The maximum atomic E-state index is 12.8. The topological polar surface area (TPSA) is 30.2 Å². The Hall–Kier alpha value is -2.08. The van der Waals surface area contributed by atoms with Crippen molar-refractivity contribution in [3.8, 4) is 11.1 Å². The second-order valence-electron chi connectivity index (χ2n) is 4.99. The van der Waals surface area contributed by atoms with Crippen LogP contribution >= 0.6 is 11.6 Å². The molecule has 0 aliphatic carbocycles. The first-order valence-electron chi connectivity index (χ1n) is 6.47. The normalized spacial score (nSPS) is 12.1. The van der Waals surface area contributed by atoms with Crippen LogP contribution in [0.3, 0.4) is 0 Å². The van der Waals surface area contributed by atoms with Crippen LogP contribution in [0.2, 0.25) is 5.15 Å². The molecule has 0 fully saturated rings. The quantitative estimate of drug-likeness (QED) is 0.608. The summed E-state index contributed by atoms with van der Waals surface area (Å²) < 4.78 is 40.0. The largest absolute Gasteiger partial charge is 0.416 e. The van der Waals surface area contributed by atoms with Crippen molar-refractivity contribution in [3.05, 3.63) is 52.4 Å². The van der Waals surface area contributed by atoms with Gasteiger partial charge >= 0.3 is 6.18 Å². The molecular formula is C15H11ClF3N3. The second kappa shape index (κ2) is 4.98. The molecule has 3 rings (SSSR count). The van der Waals surface area contributed by atoms with Crippen molar-refractivity contribution in [2.24, 2.45) is 0 Å². The second-order valence-corrected chi connectivity index (χ2v) is 5.34. The summed E-state index contributed by atoms with van der Waals surface area (Å²) in [5.41, 5.74) is 2.14. The average molecular weight is 326 g/mol. The molecule has 7 heteroatoms. The van der Waals surface area contributed by atoms with E-state index in [2.05, 4.69) is 10.1 Å². The maximum Gasteiger partial charge on any atom is 0.416 e. The maximum absolute atomic E-state index is 12.8. The van der Waals surface area contributed by atoms with Crippen molar-refractivity contribution in [2.75, 3.05) is 0 Å². The van der Waals surface area contributed by atoms with Crippen LogP contribution in [-0.2, 0) is 6.18 Å². The number of hydrogen-bond acceptors (Lipinski definition) is 2. The van der Waals surface area contributed by atoms with Gasteiger partial charge in [0.2, 0.25) is 0 Å². The fourth-order valence-corrected chi connectivity index (χ4v) is 2.47. The molecule has 0 radical (unpaired) electrons. The van der Waals surface area contributed by atoms with Gasteiger partial charge in [-0.05, 0) is 31.5 Å². The van der Waals surface area contributed by atoms with Crippen LogP contribution in [-0.4, -0.2) is 14.6 Å².